The number of fused-ring (bicyclic) bond motifs is 1. The molecule has 0 radical (unpaired) electrons. The largest absolute Gasteiger partial charge is 0.325 e. The molecule has 4 rings (SSSR count). The number of hydrogen-bond donors (Lipinski definition) is 1. The molecule has 0 bridgehead atoms. The highest BCUT2D eigenvalue weighted by molar-refractivity contribution is 7.89. The summed E-state index contributed by atoms with van der Waals surface area (Å²) in [7, 11) is -0.612. The second-order valence-electron chi connectivity index (χ2n) is 7.70. The van der Waals surface area contributed by atoms with E-state index >= 15 is 0 Å². The number of rotatable bonds is 5. The van der Waals surface area contributed by atoms with Gasteiger partial charge >= 0.3 is 0 Å². The number of benzene rings is 3. The Morgan fingerprint density at radius 2 is 1.68 bits per heavy atom. The van der Waals surface area contributed by atoms with Gasteiger partial charge in [-0.15, -0.1) is 0 Å². The summed E-state index contributed by atoms with van der Waals surface area (Å²) in [6.45, 7) is 0.245. The highest BCUT2D eigenvalue weighted by Gasteiger charge is 2.35. The summed E-state index contributed by atoms with van der Waals surface area (Å²) in [5, 5.41) is 4.93. The van der Waals surface area contributed by atoms with Crippen molar-refractivity contribution in [3.05, 3.63) is 66.7 Å². The van der Waals surface area contributed by atoms with Crippen molar-refractivity contribution in [2.45, 2.75) is 11.3 Å². The maximum Gasteiger partial charge on any atom is 0.242 e. The van der Waals surface area contributed by atoms with E-state index in [2.05, 4.69) is 5.32 Å². The molecule has 0 aromatic heterocycles. The molecule has 1 unspecified atom stereocenters. The number of hydrogen-bond acceptors (Lipinski definition) is 4. The first-order valence-electron chi connectivity index (χ1n) is 9.89. The van der Waals surface area contributed by atoms with E-state index in [1.807, 2.05) is 42.5 Å². The third-order valence-electron chi connectivity index (χ3n) is 5.47. The smallest absolute Gasteiger partial charge is 0.242 e. The normalized spacial score (nSPS) is 16.8. The van der Waals surface area contributed by atoms with Crippen molar-refractivity contribution in [2.75, 3.05) is 30.9 Å². The average Bonchev–Trinajstić information content (AvgIpc) is 3.16. The lowest BCUT2D eigenvalue weighted by Gasteiger charge is -2.18. The van der Waals surface area contributed by atoms with Gasteiger partial charge in [0.05, 0.1) is 10.8 Å². The first-order chi connectivity index (χ1) is 14.8. The van der Waals surface area contributed by atoms with Crippen LogP contribution < -0.4 is 10.2 Å². The van der Waals surface area contributed by atoms with Crippen molar-refractivity contribution in [1.82, 2.24) is 4.31 Å². The Morgan fingerprint density at radius 3 is 2.39 bits per heavy atom. The first kappa shape index (κ1) is 21.0. The third kappa shape index (κ3) is 4.04. The predicted octanol–water partition coefficient (Wildman–Crippen LogP) is 3.08. The summed E-state index contributed by atoms with van der Waals surface area (Å²) in [4.78, 5) is 27.1. The minimum absolute atomic E-state index is 0.106. The van der Waals surface area contributed by atoms with Crippen LogP contribution in [0.4, 0.5) is 11.4 Å². The monoisotopic (exact) mass is 437 g/mol. The molecule has 1 N–H and O–H groups in total. The van der Waals surface area contributed by atoms with Crippen molar-refractivity contribution in [3.63, 3.8) is 0 Å². The summed E-state index contributed by atoms with van der Waals surface area (Å²) in [6, 6.07) is 19.6. The SMILES string of the molecule is CN(C)S(=O)(=O)c1ccc(N2CC(C(=O)Nc3cccc4ccccc34)CC2=O)cc1. The zero-order valence-corrected chi connectivity index (χ0v) is 18.1. The van der Waals surface area contributed by atoms with Crippen LogP contribution in [-0.4, -0.2) is 45.2 Å². The molecule has 0 aliphatic carbocycles. The van der Waals surface area contributed by atoms with Gasteiger partial charge in [0, 0.05) is 43.8 Å². The Morgan fingerprint density at radius 1 is 1.00 bits per heavy atom. The molecule has 1 aliphatic heterocycles. The van der Waals surface area contributed by atoms with Gasteiger partial charge in [-0.3, -0.25) is 9.59 Å². The number of amides is 2. The number of carbonyl (C=O) groups is 2. The molecule has 3 aromatic carbocycles. The van der Waals surface area contributed by atoms with Crippen LogP contribution in [0.5, 0.6) is 0 Å². The third-order valence-corrected chi connectivity index (χ3v) is 7.30. The summed E-state index contributed by atoms with van der Waals surface area (Å²) in [5.41, 5.74) is 1.29. The molecule has 160 valence electrons. The zero-order valence-electron chi connectivity index (χ0n) is 17.3. The van der Waals surface area contributed by atoms with Gasteiger partial charge in [0.25, 0.3) is 0 Å². The number of anilines is 2. The standard InChI is InChI=1S/C23H23N3O4S/c1-25(2)31(29,30)19-12-10-18(11-13-19)26-15-17(14-22(26)27)23(28)24-21-9-5-7-16-6-3-4-8-20(16)21/h3-13,17H,14-15H2,1-2H3,(H,24,28). The minimum Gasteiger partial charge on any atom is -0.325 e. The van der Waals surface area contributed by atoms with Crippen LogP contribution in [0.1, 0.15) is 6.42 Å². The van der Waals surface area contributed by atoms with Crippen molar-refractivity contribution >= 4 is 44.0 Å². The molecular formula is C23H23N3O4S. The van der Waals surface area contributed by atoms with E-state index in [1.54, 1.807) is 12.1 Å². The molecule has 0 saturated carbocycles. The molecule has 8 heteroatoms. The van der Waals surface area contributed by atoms with Crippen LogP contribution in [0, 0.1) is 5.92 Å². The van der Waals surface area contributed by atoms with Crippen molar-refractivity contribution in [1.29, 1.82) is 0 Å². The average molecular weight is 438 g/mol. The fourth-order valence-electron chi connectivity index (χ4n) is 3.71. The van der Waals surface area contributed by atoms with E-state index in [4.69, 9.17) is 0 Å². The van der Waals surface area contributed by atoms with Crippen LogP contribution in [-0.2, 0) is 19.6 Å². The number of sulfonamides is 1. The topological polar surface area (TPSA) is 86.8 Å². The van der Waals surface area contributed by atoms with Crippen LogP contribution in [0.25, 0.3) is 10.8 Å². The van der Waals surface area contributed by atoms with Crippen LogP contribution in [0.2, 0.25) is 0 Å². The summed E-state index contributed by atoms with van der Waals surface area (Å²) in [5.74, 6) is -0.864. The van der Waals surface area contributed by atoms with E-state index < -0.39 is 15.9 Å². The van der Waals surface area contributed by atoms with Gasteiger partial charge in [-0.2, -0.15) is 0 Å². The Balaban J connectivity index is 1.50. The molecule has 7 nitrogen and oxygen atoms in total. The second-order valence-corrected chi connectivity index (χ2v) is 9.85. The molecular weight excluding hydrogens is 414 g/mol. The quantitative estimate of drug-likeness (QED) is 0.665. The lowest BCUT2D eigenvalue weighted by molar-refractivity contribution is -0.122. The van der Waals surface area contributed by atoms with Crippen LogP contribution >= 0.6 is 0 Å². The maximum absolute atomic E-state index is 12.9. The summed E-state index contributed by atoms with van der Waals surface area (Å²) in [6.07, 6.45) is 0.106. The molecule has 0 spiro atoms. The molecule has 1 saturated heterocycles. The lowest BCUT2D eigenvalue weighted by Crippen LogP contribution is -2.28. The lowest BCUT2D eigenvalue weighted by atomic mass is 10.1. The second kappa shape index (κ2) is 8.13. The Kier molecular flexibility index (Phi) is 5.51. The Hall–Kier alpha value is -3.23. The highest BCUT2D eigenvalue weighted by atomic mass is 32.2. The van der Waals surface area contributed by atoms with Gasteiger partial charge in [0.1, 0.15) is 0 Å². The molecule has 2 amide bonds. The van der Waals surface area contributed by atoms with Crippen molar-refractivity contribution in [2.24, 2.45) is 5.92 Å². The molecule has 1 fully saturated rings. The fraction of sp³-hybridized carbons (Fsp3) is 0.217. The van der Waals surface area contributed by atoms with Crippen molar-refractivity contribution < 1.29 is 18.0 Å². The Labute approximate surface area is 181 Å². The summed E-state index contributed by atoms with van der Waals surface area (Å²) >= 11 is 0. The molecule has 1 aliphatic rings. The molecule has 3 aromatic rings. The number of nitrogens with one attached hydrogen (secondary N) is 1. The van der Waals surface area contributed by atoms with E-state index in [-0.39, 0.29) is 29.7 Å². The van der Waals surface area contributed by atoms with E-state index in [0.717, 1.165) is 15.1 Å². The van der Waals surface area contributed by atoms with Gasteiger partial charge < -0.3 is 10.2 Å². The van der Waals surface area contributed by atoms with Gasteiger partial charge in [0.2, 0.25) is 21.8 Å². The van der Waals surface area contributed by atoms with E-state index in [9.17, 15) is 18.0 Å². The number of nitrogens with zero attached hydrogens (tertiary/aromatic N) is 2. The first-order valence-corrected chi connectivity index (χ1v) is 11.3. The highest BCUT2D eigenvalue weighted by Crippen LogP contribution is 2.29. The van der Waals surface area contributed by atoms with Gasteiger partial charge in [-0.25, -0.2) is 12.7 Å². The minimum atomic E-state index is -3.54. The fourth-order valence-corrected chi connectivity index (χ4v) is 4.61. The maximum atomic E-state index is 12.9. The van der Waals surface area contributed by atoms with Gasteiger partial charge in [-0.05, 0) is 35.7 Å². The van der Waals surface area contributed by atoms with Crippen molar-refractivity contribution in [3.8, 4) is 0 Å². The van der Waals surface area contributed by atoms with Gasteiger partial charge in [-0.1, -0.05) is 36.4 Å². The van der Waals surface area contributed by atoms with E-state index in [0.29, 0.717) is 11.4 Å². The van der Waals surface area contributed by atoms with Crippen LogP contribution in [0.3, 0.4) is 0 Å². The summed E-state index contributed by atoms with van der Waals surface area (Å²) < 4.78 is 25.6. The van der Waals surface area contributed by atoms with Gasteiger partial charge in [0.15, 0.2) is 0 Å². The molecule has 31 heavy (non-hydrogen) atoms. The number of carbonyl (C=O) groups excluding carboxylic acids is 2. The van der Waals surface area contributed by atoms with E-state index in [1.165, 1.54) is 31.1 Å². The van der Waals surface area contributed by atoms with Crippen LogP contribution in [0.15, 0.2) is 71.6 Å². The molecule has 1 heterocycles. The zero-order chi connectivity index (χ0) is 22.2. The Bertz CT molecular complexity index is 1250. The molecule has 1 atom stereocenters. The predicted molar refractivity (Wildman–Crippen MR) is 120 cm³/mol.